The Morgan fingerprint density at radius 2 is 1.67 bits per heavy atom. The third kappa shape index (κ3) is 4.20. The lowest BCUT2D eigenvalue weighted by Gasteiger charge is -2.57. The average molecular weight is 523 g/mol. The van der Waals surface area contributed by atoms with Gasteiger partial charge in [0.25, 0.3) is 5.56 Å². The Kier molecular flexibility index (Phi) is 5.84. The van der Waals surface area contributed by atoms with E-state index in [1.165, 1.54) is 55.0 Å². The second kappa shape index (κ2) is 8.93. The zero-order valence-electron chi connectivity index (χ0n) is 20.1. The van der Waals surface area contributed by atoms with Crippen molar-refractivity contribution in [3.05, 3.63) is 79.7 Å². The van der Waals surface area contributed by atoms with Crippen LogP contribution in [0, 0.1) is 24.7 Å². The Morgan fingerprint density at radius 1 is 1.03 bits per heavy atom. The Hall–Kier alpha value is -2.83. The van der Waals surface area contributed by atoms with Crippen molar-refractivity contribution in [2.45, 2.75) is 50.9 Å². The van der Waals surface area contributed by atoms with Crippen LogP contribution < -0.4 is 10.9 Å². The number of nitrogens with zero attached hydrogens (tertiary/aromatic N) is 2. The molecule has 1 aromatic heterocycles. The first kappa shape index (κ1) is 23.6. The third-order valence-electron chi connectivity index (χ3n) is 8.37. The number of carbonyl (C=O) groups excluding carboxylic acids is 1. The van der Waals surface area contributed by atoms with Crippen molar-refractivity contribution in [1.82, 2.24) is 9.78 Å². The van der Waals surface area contributed by atoms with Gasteiger partial charge in [-0.3, -0.25) is 9.89 Å². The highest BCUT2D eigenvalue weighted by atomic mass is 35.5. The van der Waals surface area contributed by atoms with Crippen LogP contribution in [-0.2, 0) is 5.41 Å². The third-order valence-corrected chi connectivity index (χ3v) is 9.11. The molecule has 4 saturated carbocycles. The van der Waals surface area contributed by atoms with Crippen molar-refractivity contribution in [2.75, 3.05) is 5.32 Å². The second-order valence-electron chi connectivity index (χ2n) is 10.9. The number of urea groups is 1. The summed E-state index contributed by atoms with van der Waals surface area (Å²) in [6.45, 7) is 1.79. The van der Waals surface area contributed by atoms with Gasteiger partial charge in [-0.1, -0.05) is 35.3 Å². The molecule has 186 valence electrons. The Bertz CT molecular complexity index is 1390. The van der Waals surface area contributed by atoms with Crippen LogP contribution >= 0.6 is 23.2 Å². The number of amides is 2. The van der Waals surface area contributed by atoms with Crippen LogP contribution in [0.4, 0.5) is 10.5 Å². The number of rotatable bonds is 4. The maximum atomic E-state index is 13.1. The van der Waals surface area contributed by atoms with E-state index >= 15 is 0 Å². The first-order valence-electron chi connectivity index (χ1n) is 12.5. The molecular weight excluding hydrogens is 495 g/mol. The number of nitrogens with one attached hydrogen (secondary N) is 2. The summed E-state index contributed by atoms with van der Waals surface area (Å²) in [6, 6.07) is 12.6. The molecule has 0 unspecified atom stereocenters. The van der Waals surface area contributed by atoms with E-state index in [2.05, 4.69) is 27.5 Å². The summed E-state index contributed by atoms with van der Waals surface area (Å²) in [5, 5.41) is 6.47. The first-order valence-corrected chi connectivity index (χ1v) is 13.3. The van der Waals surface area contributed by atoms with Crippen LogP contribution in [0.5, 0.6) is 0 Å². The summed E-state index contributed by atoms with van der Waals surface area (Å²) in [4.78, 5) is 29.3. The van der Waals surface area contributed by atoms with Gasteiger partial charge >= 0.3 is 6.03 Å². The molecule has 0 aliphatic heterocycles. The molecule has 3 aromatic rings. The van der Waals surface area contributed by atoms with E-state index in [0.29, 0.717) is 32.4 Å². The maximum Gasteiger partial charge on any atom is 0.345 e. The molecule has 0 spiro atoms. The Morgan fingerprint density at radius 3 is 2.28 bits per heavy atom. The molecule has 0 atom stereocenters. The van der Waals surface area contributed by atoms with Gasteiger partial charge in [-0.05, 0) is 105 Å². The molecule has 0 radical (unpaired) electrons. The molecular formula is C28H28Cl2N4O2. The van der Waals surface area contributed by atoms with E-state index < -0.39 is 6.03 Å². The summed E-state index contributed by atoms with van der Waals surface area (Å²) in [7, 11) is 0. The average Bonchev–Trinajstić information content (AvgIpc) is 3.12. The molecule has 36 heavy (non-hydrogen) atoms. The lowest BCUT2D eigenvalue weighted by Crippen LogP contribution is -2.48. The van der Waals surface area contributed by atoms with Gasteiger partial charge in [0.1, 0.15) is 0 Å². The molecule has 4 bridgehead atoms. The van der Waals surface area contributed by atoms with Crippen LogP contribution in [0.25, 0.3) is 5.69 Å². The highest BCUT2D eigenvalue weighted by Gasteiger charge is 2.51. The molecule has 7 rings (SSSR count). The lowest BCUT2D eigenvalue weighted by atomic mass is 9.48. The molecule has 4 aliphatic rings. The molecule has 0 saturated heterocycles. The summed E-state index contributed by atoms with van der Waals surface area (Å²) in [5.41, 5.74) is 3.71. The van der Waals surface area contributed by atoms with Gasteiger partial charge in [-0.15, -0.1) is 0 Å². The minimum Gasteiger partial charge on any atom is -0.306 e. The zero-order valence-corrected chi connectivity index (χ0v) is 21.6. The molecule has 8 heteroatoms. The van der Waals surface area contributed by atoms with Gasteiger partial charge < -0.3 is 5.32 Å². The summed E-state index contributed by atoms with van der Waals surface area (Å²) in [6.07, 6.45) is 9.49. The van der Waals surface area contributed by atoms with Crippen molar-refractivity contribution in [2.24, 2.45) is 22.7 Å². The Labute approximate surface area is 219 Å². The second-order valence-corrected chi connectivity index (χ2v) is 11.7. The topological polar surface area (TPSA) is 79.2 Å². The number of hydrogen-bond donors (Lipinski definition) is 2. The van der Waals surface area contributed by atoms with Crippen LogP contribution in [-0.4, -0.2) is 22.0 Å². The van der Waals surface area contributed by atoms with Crippen molar-refractivity contribution in [3.8, 4) is 5.69 Å². The van der Waals surface area contributed by atoms with Gasteiger partial charge in [0, 0.05) is 17.6 Å². The summed E-state index contributed by atoms with van der Waals surface area (Å²) >= 11 is 11.9. The van der Waals surface area contributed by atoms with Crippen LogP contribution in [0.1, 0.15) is 55.3 Å². The van der Waals surface area contributed by atoms with Crippen LogP contribution in [0.15, 0.2) is 52.3 Å². The number of benzene rings is 2. The van der Waals surface area contributed by atoms with Crippen LogP contribution in [0.3, 0.4) is 0 Å². The number of carbonyl (C=O) groups is 1. The molecule has 1 heterocycles. The minimum atomic E-state index is -0.611. The van der Waals surface area contributed by atoms with Gasteiger partial charge in [-0.2, -0.15) is 0 Å². The van der Waals surface area contributed by atoms with Crippen molar-refractivity contribution >= 4 is 41.1 Å². The van der Waals surface area contributed by atoms with Crippen molar-refractivity contribution in [1.29, 1.82) is 0 Å². The standard InChI is InChI=1S/C28H28Cl2N4O2/c1-16-23(15-31-27(36)32-21-4-7-24(29)25(30)11-21)26(35)34(33-16)22-5-2-20(3-6-22)28-12-17-8-18(13-28)10-19(9-17)14-28/h2-7,11,15,17-19,33H,8-10,12-14H2,1H3,(H,32,36). The number of anilines is 1. The first-order chi connectivity index (χ1) is 17.3. The summed E-state index contributed by atoms with van der Waals surface area (Å²) in [5.74, 6) is 2.67. The molecule has 6 nitrogen and oxygen atoms in total. The SMILES string of the molecule is Cc1[nH]n(-c2ccc(C34CC5CC(CC(C5)C3)C4)cc2)c(=O)c1C=NC(=O)Nc1ccc(Cl)c(Cl)c1. The van der Waals surface area contributed by atoms with E-state index in [-0.39, 0.29) is 5.56 Å². The molecule has 2 aromatic carbocycles. The fraction of sp³-hybridized carbons (Fsp3) is 0.393. The van der Waals surface area contributed by atoms with Crippen molar-refractivity contribution in [3.63, 3.8) is 0 Å². The number of aryl methyl sites for hydroxylation is 1. The van der Waals surface area contributed by atoms with E-state index in [0.717, 1.165) is 23.4 Å². The number of aliphatic imine (C=N–C) groups is 1. The minimum absolute atomic E-state index is 0.249. The number of aromatic nitrogens is 2. The molecule has 2 N–H and O–H groups in total. The summed E-state index contributed by atoms with van der Waals surface area (Å²) < 4.78 is 1.51. The predicted molar refractivity (Wildman–Crippen MR) is 144 cm³/mol. The fourth-order valence-electron chi connectivity index (χ4n) is 7.17. The monoisotopic (exact) mass is 522 g/mol. The van der Waals surface area contributed by atoms with Crippen LogP contribution in [0.2, 0.25) is 10.0 Å². The number of halogens is 2. The van der Waals surface area contributed by atoms with Gasteiger partial charge in [-0.25, -0.2) is 14.5 Å². The van der Waals surface area contributed by atoms with Gasteiger partial charge in [0.2, 0.25) is 0 Å². The maximum absolute atomic E-state index is 13.1. The van der Waals surface area contributed by atoms with E-state index in [9.17, 15) is 9.59 Å². The highest BCUT2D eigenvalue weighted by molar-refractivity contribution is 6.42. The molecule has 2 amide bonds. The Balaban J connectivity index is 1.20. The quantitative estimate of drug-likeness (QED) is 0.365. The van der Waals surface area contributed by atoms with E-state index in [1.807, 2.05) is 12.1 Å². The van der Waals surface area contributed by atoms with E-state index in [1.54, 1.807) is 25.1 Å². The lowest BCUT2D eigenvalue weighted by molar-refractivity contribution is -0.00518. The van der Waals surface area contributed by atoms with Gasteiger partial charge in [0.05, 0.1) is 21.3 Å². The number of aromatic amines is 1. The highest BCUT2D eigenvalue weighted by Crippen LogP contribution is 2.60. The van der Waals surface area contributed by atoms with Gasteiger partial charge in [0.15, 0.2) is 0 Å². The van der Waals surface area contributed by atoms with Crippen molar-refractivity contribution < 1.29 is 4.79 Å². The fourth-order valence-corrected chi connectivity index (χ4v) is 7.47. The number of H-pyrrole nitrogens is 1. The normalized spacial score (nSPS) is 26.6. The van der Waals surface area contributed by atoms with E-state index in [4.69, 9.17) is 23.2 Å². The zero-order chi connectivity index (χ0) is 25.0. The largest absolute Gasteiger partial charge is 0.345 e. The number of hydrogen-bond acceptors (Lipinski definition) is 2. The molecule has 4 fully saturated rings. The smallest absolute Gasteiger partial charge is 0.306 e. The molecule has 4 aliphatic carbocycles. The predicted octanol–water partition coefficient (Wildman–Crippen LogP) is 6.90.